The zero-order chi connectivity index (χ0) is 37.1. The van der Waals surface area contributed by atoms with Crippen LogP contribution in [-0.4, -0.2) is 4.90 Å². The molecule has 0 aliphatic heterocycles. The summed E-state index contributed by atoms with van der Waals surface area (Å²) in [5, 5.41) is 0. The summed E-state index contributed by atoms with van der Waals surface area (Å²) in [5.74, 6) is 3.25. The lowest BCUT2D eigenvalue weighted by Gasteiger charge is -2.44. The summed E-state index contributed by atoms with van der Waals surface area (Å²) in [6.45, 7) is 25.6. The summed E-state index contributed by atoms with van der Waals surface area (Å²) in [5.41, 5.74) is 8.02. The monoisotopic (exact) mass is 692 g/mol. The molecule has 0 aromatic heterocycles. The van der Waals surface area contributed by atoms with Crippen LogP contribution in [0.2, 0.25) is 0 Å². The van der Waals surface area contributed by atoms with Gasteiger partial charge in [-0.2, -0.15) is 0 Å². The Hall–Kier alpha value is -4.36. The lowest BCUT2D eigenvalue weighted by molar-refractivity contribution is 0.210. The Morgan fingerprint density at radius 3 is 2.27 bits per heavy atom. The number of allylic oxidation sites excluding steroid dienone is 24. The molecule has 0 amide bonds. The molecule has 1 nitrogen and oxygen atoms in total. The van der Waals surface area contributed by atoms with Gasteiger partial charge < -0.3 is 4.90 Å². The van der Waals surface area contributed by atoms with Gasteiger partial charge in [-0.1, -0.05) is 122 Å². The Kier molecular flexibility index (Phi) is 17.0. The van der Waals surface area contributed by atoms with Crippen LogP contribution in [0.3, 0.4) is 0 Å². The molecule has 5 aliphatic carbocycles. The van der Waals surface area contributed by atoms with Gasteiger partial charge in [-0.05, 0) is 143 Å². The largest absolute Gasteiger partial charge is 0.314 e. The molecule has 1 fully saturated rings. The Morgan fingerprint density at radius 1 is 0.827 bits per heavy atom. The molecule has 274 valence electrons. The predicted molar refractivity (Wildman–Crippen MR) is 230 cm³/mol. The Morgan fingerprint density at radius 2 is 1.60 bits per heavy atom. The maximum atomic E-state index is 4.26. The van der Waals surface area contributed by atoms with Crippen molar-refractivity contribution >= 4 is 0 Å². The number of rotatable bonds is 15. The molecule has 0 aromatic rings. The molecule has 6 atom stereocenters. The molecule has 52 heavy (non-hydrogen) atoms. The van der Waals surface area contributed by atoms with Crippen LogP contribution < -0.4 is 0 Å². The van der Waals surface area contributed by atoms with Crippen molar-refractivity contribution in [3.63, 3.8) is 0 Å². The highest BCUT2D eigenvalue weighted by Crippen LogP contribution is 2.49. The lowest BCUT2D eigenvalue weighted by atomic mass is 9.63. The number of unbranched alkanes of at least 4 members (excludes halogenated alkanes) is 1. The van der Waals surface area contributed by atoms with Crippen LogP contribution >= 0.6 is 0 Å². The molecule has 0 spiro atoms. The van der Waals surface area contributed by atoms with Crippen molar-refractivity contribution in [3.05, 3.63) is 195 Å². The summed E-state index contributed by atoms with van der Waals surface area (Å²) >= 11 is 0. The van der Waals surface area contributed by atoms with Crippen molar-refractivity contribution in [2.45, 2.75) is 84.0 Å². The summed E-state index contributed by atoms with van der Waals surface area (Å²) in [6.07, 6.45) is 58.6. The summed E-state index contributed by atoms with van der Waals surface area (Å²) in [7, 11) is 0. The van der Waals surface area contributed by atoms with Gasteiger partial charge in [0.05, 0.1) is 0 Å². The Bertz CT molecular complexity index is 1580. The van der Waals surface area contributed by atoms with Crippen molar-refractivity contribution in [1.29, 1.82) is 0 Å². The second-order valence-corrected chi connectivity index (χ2v) is 14.7. The smallest absolute Gasteiger partial charge is 0.0490 e. The Labute approximate surface area is 318 Å². The number of hydrogen-bond acceptors (Lipinski definition) is 1. The first-order valence-electron chi connectivity index (χ1n) is 19.9. The minimum Gasteiger partial charge on any atom is -0.314 e. The lowest BCUT2D eigenvalue weighted by Crippen LogP contribution is -2.35. The van der Waals surface area contributed by atoms with Gasteiger partial charge in [-0.15, -0.1) is 26.3 Å². The standard InChI is InChI=1S/C48H59N.C3H6/c1-6-11-12-13-25-45(39-21-14-20-37(17-7-2)27-28-38(18-8-3)29-30-39)40-31-34-44(35-32-40)49(43(10-5)19-9-4)47-36-33-42-23-15-22-41-24-16-26-46(47)48(41)42;1-3-2/h6-10,13-14,16,19-21,25-26,29-31,33-34,36-38,41-42,45,48H,1-5,11-12,15,17-18,22-24,27-28,32,35H2;3H,1H2,2H3/b20-14+,25-13+,30-29?,39-21?,43-19+;. The van der Waals surface area contributed by atoms with E-state index < -0.39 is 0 Å². The van der Waals surface area contributed by atoms with E-state index in [1.54, 1.807) is 6.08 Å². The van der Waals surface area contributed by atoms with Crippen LogP contribution in [0.1, 0.15) is 84.0 Å². The van der Waals surface area contributed by atoms with Crippen molar-refractivity contribution in [2.24, 2.45) is 35.5 Å². The van der Waals surface area contributed by atoms with E-state index in [-0.39, 0.29) is 5.92 Å². The molecule has 0 aromatic carbocycles. The van der Waals surface area contributed by atoms with Crippen LogP contribution in [-0.2, 0) is 0 Å². The molecule has 6 unspecified atom stereocenters. The molecular weight excluding hydrogens is 627 g/mol. The van der Waals surface area contributed by atoms with E-state index in [9.17, 15) is 0 Å². The van der Waals surface area contributed by atoms with Crippen LogP contribution in [0, 0.1) is 35.5 Å². The maximum absolute atomic E-state index is 4.26. The van der Waals surface area contributed by atoms with Gasteiger partial charge in [0.25, 0.3) is 0 Å². The Balaban J connectivity index is 0.00000195. The van der Waals surface area contributed by atoms with Crippen LogP contribution in [0.15, 0.2) is 195 Å². The van der Waals surface area contributed by atoms with Gasteiger partial charge in [-0.3, -0.25) is 0 Å². The molecule has 0 bridgehead atoms. The number of nitrogens with zero attached hydrogens (tertiary/aromatic N) is 1. The van der Waals surface area contributed by atoms with Gasteiger partial charge in [-0.25, -0.2) is 0 Å². The normalized spacial score (nSPS) is 26.7. The molecule has 0 N–H and O–H groups in total. The van der Waals surface area contributed by atoms with Gasteiger partial charge >= 0.3 is 0 Å². The van der Waals surface area contributed by atoms with Crippen LogP contribution in [0.4, 0.5) is 0 Å². The van der Waals surface area contributed by atoms with Gasteiger partial charge in [0.1, 0.15) is 0 Å². The number of hydrogen-bond donors (Lipinski definition) is 0. The fraction of sp³-hybridized carbons (Fsp3) is 0.373. The minimum absolute atomic E-state index is 0.211. The average molecular weight is 692 g/mol. The molecule has 0 saturated heterocycles. The highest BCUT2D eigenvalue weighted by molar-refractivity contribution is 5.48. The minimum atomic E-state index is 0.211. The fourth-order valence-corrected chi connectivity index (χ4v) is 8.61. The zero-order valence-corrected chi connectivity index (χ0v) is 32.2. The summed E-state index contributed by atoms with van der Waals surface area (Å²) in [4.78, 5) is 2.48. The van der Waals surface area contributed by atoms with Crippen LogP contribution in [0.25, 0.3) is 0 Å². The van der Waals surface area contributed by atoms with Gasteiger partial charge in [0, 0.05) is 23.0 Å². The topological polar surface area (TPSA) is 3.24 Å². The maximum Gasteiger partial charge on any atom is 0.0490 e. The summed E-state index contributed by atoms with van der Waals surface area (Å²) in [6, 6.07) is 0. The highest BCUT2D eigenvalue weighted by Gasteiger charge is 2.39. The molecule has 5 aliphatic rings. The second-order valence-electron chi connectivity index (χ2n) is 14.7. The van der Waals surface area contributed by atoms with Crippen molar-refractivity contribution in [1.82, 2.24) is 4.90 Å². The first-order valence-corrected chi connectivity index (χ1v) is 19.9. The highest BCUT2D eigenvalue weighted by atomic mass is 15.2. The van der Waals surface area contributed by atoms with E-state index in [0.717, 1.165) is 56.6 Å². The van der Waals surface area contributed by atoms with E-state index in [0.29, 0.717) is 23.7 Å². The predicted octanol–water partition coefficient (Wildman–Crippen LogP) is 14.5. The molecule has 1 saturated carbocycles. The van der Waals surface area contributed by atoms with Crippen molar-refractivity contribution in [2.75, 3.05) is 0 Å². The van der Waals surface area contributed by atoms with Gasteiger partial charge in [0.2, 0.25) is 0 Å². The second kappa shape index (κ2) is 21.9. The first kappa shape index (κ1) is 40.4. The zero-order valence-electron chi connectivity index (χ0n) is 32.2. The van der Waals surface area contributed by atoms with Crippen molar-refractivity contribution in [3.8, 4) is 0 Å². The van der Waals surface area contributed by atoms with Gasteiger partial charge in [0.15, 0.2) is 0 Å². The van der Waals surface area contributed by atoms with E-state index in [1.165, 1.54) is 60.2 Å². The summed E-state index contributed by atoms with van der Waals surface area (Å²) < 4.78 is 0. The first-order chi connectivity index (χ1) is 25.5. The van der Waals surface area contributed by atoms with E-state index in [4.69, 9.17) is 0 Å². The molecule has 5 rings (SSSR count). The van der Waals surface area contributed by atoms with E-state index in [2.05, 4.69) is 142 Å². The van der Waals surface area contributed by atoms with Crippen molar-refractivity contribution < 1.29 is 0 Å². The molecule has 0 heterocycles. The third kappa shape index (κ3) is 10.8. The molecule has 1 heteroatoms. The quantitative estimate of drug-likeness (QED) is 0.0939. The molecular formula is C51H65N. The third-order valence-corrected chi connectivity index (χ3v) is 11.1. The van der Waals surface area contributed by atoms with E-state index >= 15 is 0 Å². The third-order valence-electron chi connectivity index (χ3n) is 11.1. The molecule has 0 radical (unpaired) electrons. The average Bonchev–Trinajstić information content (AvgIpc) is 3.16. The van der Waals surface area contributed by atoms with E-state index in [1.807, 2.05) is 25.2 Å². The van der Waals surface area contributed by atoms with Crippen LogP contribution in [0.5, 0.6) is 0 Å². The fourth-order valence-electron chi connectivity index (χ4n) is 8.61. The SMILES string of the molecule is C=C/C=C(\C=C)N(C1=CC=C(C(/C=C/CCC=C)C2=C/C=C/C(CC=C)CCC(CC=C)C=C2)CC1)C1=C2C=CCC3CCCC(C=C1)C23.C=CC.